The molecule has 2 aliphatic rings. The summed E-state index contributed by atoms with van der Waals surface area (Å²) >= 11 is 5.86. The third-order valence-electron chi connectivity index (χ3n) is 3.83. The molecule has 0 spiro atoms. The average Bonchev–Trinajstić information content (AvgIpc) is 3.14. The lowest BCUT2D eigenvalue weighted by Crippen LogP contribution is -2.32. The van der Waals surface area contributed by atoms with E-state index in [1.165, 1.54) is 0 Å². The van der Waals surface area contributed by atoms with Gasteiger partial charge in [0.05, 0.1) is 12.0 Å². The number of halogens is 1. The van der Waals surface area contributed by atoms with Gasteiger partial charge in [0, 0.05) is 17.5 Å². The Morgan fingerprint density at radius 2 is 1.89 bits per heavy atom. The molecule has 19 heavy (non-hydrogen) atoms. The minimum Gasteiger partial charge on any atom is -0.481 e. The van der Waals surface area contributed by atoms with E-state index in [4.69, 9.17) is 11.6 Å². The van der Waals surface area contributed by atoms with Gasteiger partial charge in [-0.05, 0) is 30.5 Å². The van der Waals surface area contributed by atoms with Gasteiger partial charge in [-0.15, -0.1) is 0 Å². The van der Waals surface area contributed by atoms with Crippen molar-refractivity contribution in [3.05, 3.63) is 34.9 Å². The maximum atomic E-state index is 12.1. The molecular formula is C14H14ClNO3. The van der Waals surface area contributed by atoms with E-state index in [1.54, 1.807) is 17.0 Å². The number of hydrogen-bond acceptors (Lipinski definition) is 2. The smallest absolute Gasteiger partial charge is 0.309 e. The summed E-state index contributed by atoms with van der Waals surface area (Å²) in [5, 5.41) is 9.94. The van der Waals surface area contributed by atoms with Gasteiger partial charge in [-0.2, -0.15) is 0 Å². The van der Waals surface area contributed by atoms with Crippen LogP contribution in [0.15, 0.2) is 24.3 Å². The molecule has 0 radical (unpaired) electrons. The molecule has 1 amide bonds. The number of rotatable bonds is 3. The van der Waals surface area contributed by atoms with Crippen molar-refractivity contribution < 1.29 is 14.7 Å². The largest absolute Gasteiger partial charge is 0.481 e. The molecule has 1 saturated carbocycles. The minimum atomic E-state index is -0.906. The van der Waals surface area contributed by atoms with Gasteiger partial charge in [-0.25, -0.2) is 0 Å². The Kier molecular flexibility index (Phi) is 2.97. The zero-order valence-corrected chi connectivity index (χ0v) is 11.0. The fraction of sp³-hybridized carbons (Fsp3) is 0.429. The number of benzene rings is 1. The Balaban J connectivity index is 1.98. The van der Waals surface area contributed by atoms with Gasteiger partial charge in [0.15, 0.2) is 0 Å². The van der Waals surface area contributed by atoms with Gasteiger partial charge in [0.2, 0.25) is 5.91 Å². The van der Waals surface area contributed by atoms with Crippen LogP contribution in [0.3, 0.4) is 0 Å². The number of carboxylic acids is 1. The first kappa shape index (κ1) is 12.5. The SMILES string of the molecule is O=C(O)[C@H]1CC(=O)N(C2CC2)[C@H]1c1ccc(Cl)cc1. The van der Waals surface area contributed by atoms with Crippen LogP contribution in [-0.4, -0.2) is 27.9 Å². The lowest BCUT2D eigenvalue weighted by Gasteiger charge is -2.27. The van der Waals surface area contributed by atoms with Crippen molar-refractivity contribution in [2.24, 2.45) is 5.92 Å². The van der Waals surface area contributed by atoms with E-state index in [1.807, 2.05) is 12.1 Å². The Morgan fingerprint density at radius 1 is 1.26 bits per heavy atom. The lowest BCUT2D eigenvalue weighted by atomic mass is 9.94. The molecule has 0 bridgehead atoms. The fourth-order valence-corrected chi connectivity index (χ4v) is 2.94. The molecule has 1 aromatic rings. The van der Waals surface area contributed by atoms with E-state index in [9.17, 15) is 14.7 Å². The molecule has 3 rings (SSSR count). The number of carboxylic acid groups (broad SMARTS) is 1. The van der Waals surface area contributed by atoms with Crippen LogP contribution >= 0.6 is 11.6 Å². The lowest BCUT2D eigenvalue weighted by molar-refractivity contribution is -0.142. The van der Waals surface area contributed by atoms with Crippen molar-refractivity contribution in [3.8, 4) is 0 Å². The second-order valence-corrected chi connectivity index (χ2v) is 5.61. The second-order valence-electron chi connectivity index (χ2n) is 5.18. The fourth-order valence-electron chi connectivity index (χ4n) is 2.81. The highest BCUT2D eigenvalue weighted by molar-refractivity contribution is 6.30. The highest BCUT2D eigenvalue weighted by Gasteiger charge is 2.49. The molecule has 2 atom stereocenters. The third kappa shape index (κ3) is 2.21. The van der Waals surface area contributed by atoms with Crippen LogP contribution in [0.2, 0.25) is 5.02 Å². The van der Waals surface area contributed by atoms with Crippen LogP contribution in [0, 0.1) is 5.92 Å². The van der Waals surface area contributed by atoms with E-state index in [0.29, 0.717) is 5.02 Å². The van der Waals surface area contributed by atoms with Gasteiger partial charge in [0.1, 0.15) is 0 Å². The molecule has 100 valence electrons. The van der Waals surface area contributed by atoms with Gasteiger partial charge in [0.25, 0.3) is 0 Å². The molecule has 1 saturated heterocycles. The Bertz CT molecular complexity index is 524. The van der Waals surface area contributed by atoms with Gasteiger partial charge < -0.3 is 10.0 Å². The van der Waals surface area contributed by atoms with Crippen LogP contribution in [0.25, 0.3) is 0 Å². The van der Waals surface area contributed by atoms with E-state index >= 15 is 0 Å². The third-order valence-corrected chi connectivity index (χ3v) is 4.08. The number of carbonyl (C=O) groups excluding carboxylic acids is 1. The first-order valence-corrected chi connectivity index (χ1v) is 6.75. The molecular weight excluding hydrogens is 266 g/mol. The van der Waals surface area contributed by atoms with Crippen molar-refractivity contribution >= 4 is 23.5 Å². The summed E-state index contributed by atoms with van der Waals surface area (Å²) in [5.41, 5.74) is 0.856. The summed E-state index contributed by atoms with van der Waals surface area (Å²) in [5.74, 6) is -1.61. The van der Waals surface area contributed by atoms with Crippen molar-refractivity contribution in [2.75, 3.05) is 0 Å². The monoisotopic (exact) mass is 279 g/mol. The first-order valence-electron chi connectivity index (χ1n) is 6.37. The molecule has 4 nitrogen and oxygen atoms in total. The highest BCUT2D eigenvalue weighted by Crippen LogP contribution is 2.45. The van der Waals surface area contributed by atoms with Crippen molar-refractivity contribution in [1.82, 2.24) is 4.90 Å². The summed E-state index contributed by atoms with van der Waals surface area (Å²) in [6, 6.07) is 6.98. The molecule has 1 aliphatic heterocycles. The molecule has 5 heteroatoms. The van der Waals surface area contributed by atoms with Crippen LogP contribution < -0.4 is 0 Å². The Morgan fingerprint density at radius 3 is 2.42 bits per heavy atom. The number of likely N-dealkylation sites (tertiary alicyclic amines) is 1. The van der Waals surface area contributed by atoms with Crippen LogP contribution in [-0.2, 0) is 9.59 Å². The highest BCUT2D eigenvalue weighted by atomic mass is 35.5. The maximum Gasteiger partial charge on any atom is 0.309 e. The standard InChI is InChI=1S/C14H14ClNO3/c15-9-3-1-8(2-4-9)13-11(14(18)19)7-12(17)16(13)10-5-6-10/h1-4,10-11,13H,5-7H2,(H,18,19)/t11-,13-/m0/s1. The van der Waals surface area contributed by atoms with E-state index in [-0.39, 0.29) is 24.4 Å². The number of aliphatic carboxylic acids is 1. The number of hydrogen-bond donors (Lipinski definition) is 1. The molecule has 1 aromatic carbocycles. The van der Waals surface area contributed by atoms with Crippen LogP contribution in [0.1, 0.15) is 30.9 Å². The molecule has 1 aliphatic carbocycles. The minimum absolute atomic E-state index is 0.0464. The molecule has 1 heterocycles. The van der Waals surface area contributed by atoms with Crippen LogP contribution in [0.5, 0.6) is 0 Å². The van der Waals surface area contributed by atoms with Crippen molar-refractivity contribution in [2.45, 2.75) is 31.3 Å². The quantitative estimate of drug-likeness (QED) is 0.925. The summed E-state index contributed by atoms with van der Waals surface area (Å²) in [6.07, 6.45) is 2.05. The van der Waals surface area contributed by atoms with E-state index in [0.717, 1.165) is 18.4 Å². The van der Waals surface area contributed by atoms with Crippen molar-refractivity contribution in [1.29, 1.82) is 0 Å². The first-order chi connectivity index (χ1) is 9.08. The molecule has 0 unspecified atom stereocenters. The van der Waals surface area contributed by atoms with Crippen molar-refractivity contribution in [3.63, 3.8) is 0 Å². The van der Waals surface area contributed by atoms with Gasteiger partial charge in [-0.1, -0.05) is 23.7 Å². The molecule has 1 N–H and O–H groups in total. The van der Waals surface area contributed by atoms with Gasteiger partial charge in [-0.3, -0.25) is 9.59 Å². The number of nitrogens with zero attached hydrogens (tertiary/aromatic N) is 1. The summed E-state index contributed by atoms with van der Waals surface area (Å²) in [7, 11) is 0. The predicted octanol–water partition coefficient (Wildman–Crippen LogP) is 2.48. The predicted molar refractivity (Wildman–Crippen MR) is 69.8 cm³/mol. The summed E-state index contributed by atoms with van der Waals surface area (Å²) < 4.78 is 0. The summed E-state index contributed by atoms with van der Waals surface area (Å²) in [6.45, 7) is 0. The van der Waals surface area contributed by atoms with Gasteiger partial charge >= 0.3 is 5.97 Å². The van der Waals surface area contributed by atoms with E-state index < -0.39 is 11.9 Å². The second kappa shape index (κ2) is 4.53. The summed E-state index contributed by atoms with van der Waals surface area (Å²) in [4.78, 5) is 25.2. The zero-order valence-electron chi connectivity index (χ0n) is 10.3. The molecule has 0 aromatic heterocycles. The number of amides is 1. The van der Waals surface area contributed by atoms with E-state index in [2.05, 4.69) is 0 Å². The van der Waals surface area contributed by atoms with Crippen LogP contribution in [0.4, 0.5) is 0 Å². The maximum absolute atomic E-state index is 12.1. The number of carbonyl (C=O) groups is 2. The Hall–Kier alpha value is -1.55. The normalized spacial score (nSPS) is 26.8. The zero-order chi connectivity index (χ0) is 13.6. The average molecular weight is 280 g/mol. The molecule has 2 fully saturated rings. The Labute approximate surface area is 116 Å². The topological polar surface area (TPSA) is 57.6 Å².